The fourth-order valence-corrected chi connectivity index (χ4v) is 1.64. The Labute approximate surface area is 66.1 Å². The molecule has 0 bridgehead atoms. The van der Waals surface area contributed by atoms with E-state index in [0.717, 1.165) is 12.8 Å². The van der Waals surface area contributed by atoms with E-state index in [4.69, 9.17) is 0 Å². The van der Waals surface area contributed by atoms with Crippen LogP contribution in [0.15, 0.2) is 36.5 Å². The van der Waals surface area contributed by atoms with Gasteiger partial charge in [0.25, 0.3) is 0 Å². The Kier molecular flexibility index (Phi) is 1.31. The quantitative estimate of drug-likeness (QED) is 0.511. The highest BCUT2D eigenvalue weighted by atomic mass is 16.1. The third-order valence-electron chi connectivity index (χ3n) is 2.39. The molecule has 0 aromatic heterocycles. The van der Waals surface area contributed by atoms with Crippen molar-refractivity contribution in [3.63, 3.8) is 0 Å². The van der Waals surface area contributed by atoms with Crippen LogP contribution < -0.4 is 0 Å². The molecule has 1 unspecified atom stereocenters. The first kappa shape index (κ1) is 6.59. The highest BCUT2D eigenvalue weighted by Gasteiger charge is 2.35. The second kappa shape index (κ2) is 2.19. The Hall–Kier alpha value is -1.11. The standard InChI is InChI=1S/C10H10O/c11-9-5-4-8-10(9)6-2-1-3-7-10/h1-6H,7-8H2. The molecule has 0 aliphatic heterocycles. The van der Waals surface area contributed by atoms with Crippen LogP contribution >= 0.6 is 0 Å². The van der Waals surface area contributed by atoms with Crippen LogP contribution in [0, 0.1) is 5.41 Å². The molecule has 2 aliphatic carbocycles. The van der Waals surface area contributed by atoms with Crippen molar-refractivity contribution in [2.75, 3.05) is 0 Å². The molecule has 0 fully saturated rings. The Bertz CT molecular complexity index is 271. The van der Waals surface area contributed by atoms with E-state index in [1.807, 2.05) is 24.3 Å². The lowest BCUT2D eigenvalue weighted by atomic mass is 9.79. The number of carbonyl (C=O) groups is 1. The van der Waals surface area contributed by atoms with Crippen molar-refractivity contribution in [3.8, 4) is 0 Å². The molecule has 0 aromatic carbocycles. The lowest BCUT2D eigenvalue weighted by Gasteiger charge is -2.23. The first-order chi connectivity index (χ1) is 5.33. The maximum Gasteiger partial charge on any atom is 0.165 e. The summed E-state index contributed by atoms with van der Waals surface area (Å²) in [6.07, 6.45) is 13.5. The summed E-state index contributed by atoms with van der Waals surface area (Å²) in [5.74, 6) is 0.262. The van der Waals surface area contributed by atoms with E-state index in [1.54, 1.807) is 6.08 Å². The fraction of sp³-hybridized carbons (Fsp3) is 0.300. The van der Waals surface area contributed by atoms with Gasteiger partial charge in [-0.15, -0.1) is 0 Å². The minimum atomic E-state index is -0.186. The summed E-state index contributed by atoms with van der Waals surface area (Å²) >= 11 is 0. The zero-order chi connectivity index (χ0) is 7.73. The van der Waals surface area contributed by atoms with Gasteiger partial charge in [-0.1, -0.05) is 30.4 Å². The van der Waals surface area contributed by atoms with Crippen molar-refractivity contribution in [1.82, 2.24) is 0 Å². The number of rotatable bonds is 0. The summed E-state index contributed by atoms with van der Waals surface area (Å²) in [4.78, 5) is 11.4. The molecular formula is C10H10O. The van der Waals surface area contributed by atoms with Crippen molar-refractivity contribution in [2.24, 2.45) is 5.41 Å². The van der Waals surface area contributed by atoms with Crippen LogP contribution in [-0.4, -0.2) is 5.78 Å². The second-order valence-electron chi connectivity index (χ2n) is 3.12. The maximum atomic E-state index is 11.4. The average molecular weight is 146 g/mol. The Morgan fingerprint density at radius 2 is 2.00 bits per heavy atom. The van der Waals surface area contributed by atoms with Gasteiger partial charge in [-0.05, 0) is 18.9 Å². The summed E-state index contributed by atoms with van der Waals surface area (Å²) in [6.45, 7) is 0. The molecule has 0 aromatic rings. The van der Waals surface area contributed by atoms with Gasteiger partial charge in [0.15, 0.2) is 5.78 Å². The van der Waals surface area contributed by atoms with E-state index >= 15 is 0 Å². The Morgan fingerprint density at radius 3 is 2.55 bits per heavy atom. The molecule has 0 radical (unpaired) electrons. The van der Waals surface area contributed by atoms with Crippen LogP contribution in [-0.2, 0) is 4.79 Å². The fourth-order valence-electron chi connectivity index (χ4n) is 1.64. The van der Waals surface area contributed by atoms with Crippen LogP contribution in [0.4, 0.5) is 0 Å². The van der Waals surface area contributed by atoms with Crippen LogP contribution in [0.1, 0.15) is 12.8 Å². The SMILES string of the molecule is O=C1C=CCC12C=CC=CC2. The third-order valence-corrected chi connectivity index (χ3v) is 2.39. The van der Waals surface area contributed by atoms with E-state index in [9.17, 15) is 4.79 Å². The summed E-state index contributed by atoms with van der Waals surface area (Å²) in [7, 11) is 0. The molecule has 0 amide bonds. The molecule has 1 heteroatoms. The van der Waals surface area contributed by atoms with Gasteiger partial charge in [-0.3, -0.25) is 4.79 Å². The van der Waals surface area contributed by atoms with Gasteiger partial charge in [-0.25, -0.2) is 0 Å². The van der Waals surface area contributed by atoms with Gasteiger partial charge in [0.05, 0.1) is 5.41 Å². The molecule has 1 atom stereocenters. The first-order valence-electron chi connectivity index (χ1n) is 3.89. The molecule has 0 saturated carbocycles. The van der Waals surface area contributed by atoms with Crippen LogP contribution in [0.2, 0.25) is 0 Å². The number of hydrogen-bond acceptors (Lipinski definition) is 1. The largest absolute Gasteiger partial charge is 0.294 e. The van der Waals surface area contributed by atoms with E-state index in [2.05, 4.69) is 6.08 Å². The van der Waals surface area contributed by atoms with Gasteiger partial charge in [0.2, 0.25) is 0 Å². The molecule has 0 saturated heterocycles. The topological polar surface area (TPSA) is 17.1 Å². The predicted molar refractivity (Wildman–Crippen MR) is 44.1 cm³/mol. The van der Waals surface area contributed by atoms with Gasteiger partial charge < -0.3 is 0 Å². The summed E-state index contributed by atoms with van der Waals surface area (Å²) in [5.41, 5.74) is -0.186. The van der Waals surface area contributed by atoms with Crippen molar-refractivity contribution in [2.45, 2.75) is 12.8 Å². The minimum Gasteiger partial charge on any atom is -0.294 e. The van der Waals surface area contributed by atoms with E-state index in [-0.39, 0.29) is 11.2 Å². The normalized spacial score (nSPS) is 34.0. The van der Waals surface area contributed by atoms with Gasteiger partial charge in [-0.2, -0.15) is 0 Å². The van der Waals surface area contributed by atoms with Crippen LogP contribution in [0.3, 0.4) is 0 Å². The molecule has 0 heterocycles. The highest BCUT2D eigenvalue weighted by Crippen LogP contribution is 2.37. The third kappa shape index (κ3) is 0.881. The Morgan fingerprint density at radius 1 is 1.18 bits per heavy atom. The van der Waals surface area contributed by atoms with E-state index in [1.165, 1.54) is 0 Å². The monoisotopic (exact) mass is 146 g/mol. The van der Waals surface area contributed by atoms with E-state index in [0.29, 0.717) is 0 Å². The van der Waals surface area contributed by atoms with Crippen molar-refractivity contribution >= 4 is 5.78 Å². The molecule has 2 rings (SSSR count). The molecular weight excluding hydrogens is 136 g/mol. The zero-order valence-corrected chi connectivity index (χ0v) is 6.29. The van der Waals surface area contributed by atoms with Crippen molar-refractivity contribution in [3.05, 3.63) is 36.5 Å². The lowest BCUT2D eigenvalue weighted by Crippen LogP contribution is -2.23. The number of carbonyl (C=O) groups excluding carboxylic acids is 1. The lowest BCUT2D eigenvalue weighted by molar-refractivity contribution is -0.120. The van der Waals surface area contributed by atoms with Crippen LogP contribution in [0.5, 0.6) is 0 Å². The summed E-state index contributed by atoms with van der Waals surface area (Å²) < 4.78 is 0. The zero-order valence-electron chi connectivity index (χ0n) is 6.29. The van der Waals surface area contributed by atoms with Crippen molar-refractivity contribution in [1.29, 1.82) is 0 Å². The molecule has 1 spiro atoms. The predicted octanol–water partition coefficient (Wildman–Crippen LogP) is 2.02. The molecule has 2 aliphatic rings. The van der Waals surface area contributed by atoms with Crippen molar-refractivity contribution < 1.29 is 4.79 Å². The molecule has 1 nitrogen and oxygen atoms in total. The number of hydrogen-bond donors (Lipinski definition) is 0. The number of allylic oxidation sites excluding steroid dienone is 6. The van der Waals surface area contributed by atoms with Gasteiger partial charge in [0.1, 0.15) is 0 Å². The van der Waals surface area contributed by atoms with E-state index < -0.39 is 0 Å². The molecule has 56 valence electrons. The van der Waals surface area contributed by atoms with Crippen LogP contribution in [0.25, 0.3) is 0 Å². The smallest absolute Gasteiger partial charge is 0.165 e. The second-order valence-corrected chi connectivity index (χ2v) is 3.12. The van der Waals surface area contributed by atoms with Gasteiger partial charge in [0, 0.05) is 0 Å². The summed E-state index contributed by atoms with van der Waals surface area (Å²) in [6, 6.07) is 0. The minimum absolute atomic E-state index is 0.186. The summed E-state index contributed by atoms with van der Waals surface area (Å²) in [5, 5.41) is 0. The van der Waals surface area contributed by atoms with Gasteiger partial charge >= 0.3 is 0 Å². The first-order valence-corrected chi connectivity index (χ1v) is 3.89. The molecule has 11 heavy (non-hydrogen) atoms. The average Bonchev–Trinajstić information content (AvgIpc) is 2.36. The molecule has 0 N–H and O–H groups in total. The Balaban J connectivity index is 2.31. The highest BCUT2D eigenvalue weighted by molar-refractivity contribution is 5.99. The maximum absolute atomic E-state index is 11.4. The number of ketones is 1.